The fraction of sp³-hybridized carbons (Fsp3) is 0.133. The van der Waals surface area contributed by atoms with Gasteiger partial charge in [-0.15, -0.1) is 0 Å². The van der Waals surface area contributed by atoms with Crippen LogP contribution in [0.15, 0.2) is 105 Å². The molecule has 0 spiro atoms. The van der Waals surface area contributed by atoms with E-state index in [2.05, 4.69) is 5.10 Å². The highest BCUT2D eigenvalue weighted by molar-refractivity contribution is 5.90. The second-order valence-corrected chi connectivity index (χ2v) is 8.45. The summed E-state index contributed by atoms with van der Waals surface area (Å²) < 4.78 is 12.5. The van der Waals surface area contributed by atoms with Crippen LogP contribution in [0.25, 0.3) is 33.6 Å². The normalized spacial score (nSPS) is 11.3. The molecule has 2 aromatic heterocycles. The third-order valence-corrected chi connectivity index (χ3v) is 5.85. The molecule has 0 bridgehead atoms. The zero-order valence-corrected chi connectivity index (χ0v) is 20.3. The third-order valence-electron chi connectivity index (χ3n) is 5.85. The molecule has 0 radical (unpaired) electrons. The van der Waals surface area contributed by atoms with Gasteiger partial charge in [-0.2, -0.15) is 9.78 Å². The number of esters is 1. The van der Waals surface area contributed by atoms with Crippen LogP contribution in [-0.2, 0) is 4.74 Å². The van der Waals surface area contributed by atoms with Crippen LogP contribution < -0.4 is 5.56 Å². The van der Waals surface area contributed by atoms with Crippen molar-refractivity contribution in [1.82, 2.24) is 9.66 Å². The number of ether oxygens (including phenoxy) is 1. The van der Waals surface area contributed by atoms with E-state index in [0.717, 1.165) is 24.0 Å². The Labute approximate surface area is 213 Å². The van der Waals surface area contributed by atoms with Gasteiger partial charge in [-0.1, -0.05) is 67.9 Å². The standard InChI is InChI=1S/C30H25N3O4/c1-2-3-19-36-30(35)23-15-13-21(14-16-23)27-18-17-24(37-27)20-31-33-28(22-9-5-4-6-10-22)32-26-12-8-7-11-25(26)29(33)34/h4-18,20H,2-3,19H2,1H3. The lowest BCUT2D eigenvalue weighted by Crippen LogP contribution is -2.20. The average Bonchev–Trinajstić information content (AvgIpc) is 3.42. The van der Waals surface area contributed by atoms with Crippen LogP contribution in [0, 0.1) is 0 Å². The molecular weight excluding hydrogens is 466 g/mol. The van der Waals surface area contributed by atoms with Crippen molar-refractivity contribution in [2.24, 2.45) is 5.10 Å². The largest absolute Gasteiger partial charge is 0.462 e. The van der Waals surface area contributed by atoms with Crippen molar-refractivity contribution in [2.75, 3.05) is 6.61 Å². The second kappa shape index (κ2) is 10.9. The van der Waals surface area contributed by atoms with Crippen molar-refractivity contribution in [3.05, 3.63) is 113 Å². The number of aromatic nitrogens is 2. The van der Waals surface area contributed by atoms with Crippen molar-refractivity contribution in [2.45, 2.75) is 19.8 Å². The molecule has 0 N–H and O–H groups in total. The van der Waals surface area contributed by atoms with Gasteiger partial charge in [-0.05, 0) is 42.8 Å². The minimum absolute atomic E-state index is 0.270. The van der Waals surface area contributed by atoms with Crippen molar-refractivity contribution < 1.29 is 13.9 Å². The Kier molecular flexibility index (Phi) is 7.03. The van der Waals surface area contributed by atoms with Gasteiger partial charge in [-0.3, -0.25) is 4.79 Å². The van der Waals surface area contributed by atoms with Gasteiger partial charge in [0.2, 0.25) is 0 Å². The molecule has 5 aromatic rings. The summed E-state index contributed by atoms with van der Waals surface area (Å²) in [6, 6.07) is 27.3. The van der Waals surface area contributed by atoms with Crippen LogP contribution >= 0.6 is 0 Å². The van der Waals surface area contributed by atoms with E-state index in [9.17, 15) is 9.59 Å². The molecule has 184 valence electrons. The van der Waals surface area contributed by atoms with Crippen molar-refractivity contribution in [3.63, 3.8) is 0 Å². The lowest BCUT2D eigenvalue weighted by Gasteiger charge is -2.09. The zero-order valence-electron chi connectivity index (χ0n) is 20.3. The maximum Gasteiger partial charge on any atom is 0.338 e. The van der Waals surface area contributed by atoms with Gasteiger partial charge < -0.3 is 9.15 Å². The van der Waals surface area contributed by atoms with Crippen LogP contribution in [0.4, 0.5) is 0 Å². The van der Waals surface area contributed by atoms with Gasteiger partial charge in [0.15, 0.2) is 5.82 Å². The number of unbranched alkanes of at least 4 members (excludes halogenated alkanes) is 1. The Balaban J connectivity index is 1.42. The number of furan rings is 1. The van der Waals surface area contributed by atoms with E-state index in [-0.39, 0.29) is 11.5 Å². The molecule has 7 nitrogen and oxygen atoms in total. The molecule has 0 atom stereocenters. The van der Waals surface area contributed by atoms with Gasteiger partial charge in [0.05, 0.1) is 29.3 Å². The van der Waals surface area contributed by atoms with Crippen molar-refractivity contribution in [3.8, 4) is 22.7 Å². The van der Waals surface area contributed by atoms with E-state index in [0.29, 0.717) is 40.4 Å². The second-order valence-electron chi connectivity index (χ2n) is 8.45. The number of carbonyl (C=O) groups excluding carboxylic acids is 1. The average molecular weight is 492 g/mol. The van der Waals surface area contributed by atoms with Gasteiger partial charge in [0.1, 0.15) is 11.5 Å². The molecular formula is C30H25N3O4. The molecule has 0 aliphatic carbocycles. The number of nitrogens with zero attached hydrogens (tertiary/aromatic N) is 3. The summed E-state index contributed by atoms with van der Waals surface area (Å²) in [5.41, 5.74) is 2.41. The fourth-order valence-electron chi connectivity index (χ4n) is 3.86. The van der Waals surface area contributed by atoms with E-state index < -0.39 is 0 Å². The maximum absolute atomic E-state index is 13.3. The molecule has 7 heteroatoms. The fourth-order valence-corrected chi connectivity index (χ4v) is 3.86. The summed E-state index contributed by atoms with van der Waals surface area (Å²) in [4.78, 5) is 30.1. The lowest BCUT2D eigenvalue weighted by atomic mass is 10.1. The van der Waals surface area contributed by atoms with E-state index in [4.69, 9.17) is 14.1 Å². The van der Waals surface area contributed by atoms with E-state index in [1.807, 2.05) is 55.5 Å². The number of carbonyl (C=O) groups is 1. The molecule has 5 rings (SSSR count). The first-order valence-electron chi connectivity index (χ1n) is 12.1. The van der Waals surface area contributed by atoms with Crippen LogP contribution in [-0.4, -0.2) is 28.5 Å². The van der Waals surface area contributed by atoms with Crippen molar-refractivity contribution >= 4 is 23.1 Å². The highest BCUT2D eigenvalue weighted by Gasteiger charge is 2.13. The minimum Gasteiger partial charge on any atom is -0.462 e. The Morgan fingerprint density at radius 2 is 1.70 bits per heavy atom. The number of para-hydroxylation sites is 1. The van der Waals surface area contributed by atoms with Gasteiger partial charge >= 0.3 is 5.97 Å². The summed E-state index contributed by atoms with van der Waals surface area (Å²) >= 11 is 0. The van der Waals surface area contributed by atoms with E-state index in [1.54, 1.807) is 42.5 Å². The van der Waals surface area contributed by atoms with Crippen LogP contribution in [0.1, 0.15) is 35.9 Å². The Bertz CT molecular complexity index is 1620. The smallest absolute Gasteiger partial charge is 0.338 e. The first kappa shape index (κ1) is 23.9. The summed E-state index contributed by atoms with van der Waals surface area (Å²) in [5.74, 6) is 1.18. The monoisotopic (exact) mass is 491 g/mol. The summed E-state index contributed by atoms with van der Waals surface area (Å²) in [6.07, 6.45) is 3.30. The molecule has 0 saturated carbocycles. The van der Waals surface area contributed by atoms with Gasteiger partial charge in [0.25, 0.3) is 5.56 Å². The first-order valence-corrected chi connectivity index (χ1v) is 12.1. The predicted octanol–water partition coefficient (Wildman–Crippen LogP) is 6.16. The molecule has 0 unspecified atom stereocenters. The summed E-state index contributed by atoms with van der Waals surface area (Å²) in [7, 11) is 0. The van der Waals surface area contributed by atoms with E-state index in [1.165, 1.54) is 10.9 Å². The number of rotatable bonds is 8. The Morgan fingerprint density at radius 3 is 2.49 bits per heavy atom. The minimum atomic E-state index is -0.337. The molecule has 3 aromatic carbocycles. The van der Waals surface area contributed by atoms with Crippen LogP contribution in [0.2, 0.25) is 0 Å². The number of benzene rings is 3. The topological polar surface area (TPSA) is 86.7 Å². The summed E-state index contributed by atoms with van der Waals surface area (Å²) in [6.45, 7) is 2.46. The molecule has 2 heterocycles. The Morgan fingerprint density at radius 1 is 0.946 bits per heavy atom. The molecule has 0 aliphatic heterocycles. The maximum atomic E-state index is 13.3. The zero-order chi connectivity index (χ0) is 25.6. The highest BCUT2D eigenvalue weighted by atomic mass is 16.5. The summed E-state index contributed by atoms with van der Waals surface area (Å²) in [5, 5.41) is 4.92. The number of fused-ring (bicyclic) bond motifs is 1. The molecule has 0 amide bonds. The van der Waals surface area contributed by atoms with Crippen molar-refractivity contribution in [1.29, 1.82) is 0 Å². The van der Waals surface area contributed by atoms with E-state index >= 15 is 0 Å². The predicted molar refractivity (Wildman–Crippen MR) is 144 cm³/mol. The third kappa shape index (κ3) is 5.26. The van der Waals surface area contributed by atoms with Crippen LogP contribution in [0.3, 0.4) is 0 Å². The first-order chi connectivity index (χ1) is 18.1. The van der Waals surface area contributed by atoms with Gasteiger partial charge in [0, 0.05) is 11.1 Å². The lowest BCUT2D eigenvalue weighted by molar-refractivity contribution is 0.0499. The molecule has 37 heavy (non-hydrogen) atoms. The molecule has 0 aliphatic rings. The quantitative estimate of drug-likeness (QED) is 0.147. The number of hydrogen-bond acceptors (Lipinski definition) is 6. The SMILES string of the molecule is CCCCOC(=O)c1ccc(-c2ccc(C=Nn3c(-c4ccccc4)nc4ccccc4c3=O)o2)cc1. The van der Waals surface area contributed by atoms with Gasteiger partial charge in [-0.25, -0.2) is 9.78 Å². The molecule has 0 saturated heterocycles. The molecule has 0 fully saturated rings. The van der Waals surface area contributed by atoms with Crippen LogP contribution in [0.5, 0.6) is 0 Å². The Hall–Kier alpha value is -4.78. The highest BCUT2D eigenvalue weighted by Crippen LogP contribution is 2.23. The number of hydrogen-bond donors (Lipinski definition) is 0.